The summed E-state index contributed by atoms with van der Waals surface area (Å²) in [6, 6.07) is 0. The number of carbonyl (C=O) groups excluding carboxylic acids is 2. The molecule has 0 spiro atoms. The van der Waals surface area contributed by atoms with Gasteiger partial charge in [0.2, 0.25) is 0 Å². The van der Waals surface area contributed by atoms with Gasteiger partial charge in [0.25, 0.3) is 0 Å². The Hall–Kier alpha value is 0.740. The molecule has 7 nitrogen and oxygen atoms in total. The Bertz CT molecular complexity index is 968. The van der Waals surface area contributed by atoms with Gasteiger partial charge < -0.3 is 28.5 Å². The van der Waals surface area contributed by atoms with Crippen LogP contribution in [-0.4, -0.2) is 80.9 Å². The van der Waals surface area contributed by atoms with Gasteiger partial charge in [-0.15, -0.1) is 47.0 Å². The van der Waals surface area contributed by atoms with E-state index < -0.39 is 0 Å². The molecule has 4 aliphatic rings. The second-order valence-electron chi connectivity index (χ2n) is 8.57. The molecule has 0 bridgehead atoms. The van der Waals surface area contributed by atoms with E-state index >= 15 is 0 Å². The van der Waals surface area contributed by atoms with E-state index in [4.69, 9.17) is 23.7 Å². The van der Waals surface area contributed by atoms with Gasteiger partial charge in [0.15, 0.2) is 0 Å². The number of rotatable bonds is 18. The van der Waals surface area contributed by atoms with E-state index in [1.165, 1.54) is 25.4 Å². The lowest BCUT2D eigenvalue weighted by Gasteiger charge is -2.09. The minimum absolute atomic E-state index is 0.162. The first kappa shape index (κ1) is 34.6. The Morgan fingerprint density at radius 2 is 1.29 bits per heavy atom. The van der Waals surface area contributed by atoms with Crippen LogP contribution in [0.2, 0.25) is 0 Å². The van der Waals surface area contributed by atoms with Crippen LogP contribution in [0, 0.1) is 0 Å². The zero-order chi connectivity index (χ0) is 28.7. The van der Waals surface area contributed by atoms with Crippen LogP contribution in [0.3, 0.4) is 0 Å². The summed E-state index contributed by atoms with van der Waals surface area (Å²) >= 11 is 14.4. The maximum Gasteiger partial charge on any atom is 0.306 e. The van der Waals surface area contributed by atoms with Crippen LogP contribution in [0.4, 0.5) is 0 Å². The Labute approximate surface area is 276 Å². The lowest BCUT2D eigenvalue weighted by Crippen LogP contribution is -2.10. The van der Waals surface area contributed by atoms with Gasteiger partial charge in [0.05, 0.1) is 63.9 Å². The summed E-state index contributed by atoms with van der Waals surface area (Å²) in [4.78, 5) is 22.6. The molecule has 0 radical (unpaired) electrons. The number of aldehydes is 1. The van der Waals surface area contributed by atoms with Gasteiger partial charge in [-0.1, -0.05) is 47.0 Å². The zero-order valence-corrected chi connectivity index (χ0v) is 29.2. The summed E-state index contributed by atoms with van der Waals surface area (Å²) in [5.41, 5.74) is 0. The minimum atomic E-state index is -0.162. The highest BCUT2D eigenvalue weighted by atomic mass is 32.3. The van der Waals surface area contributed by atoms with Crippen molar-refractivity contribution in [1.82, 2.24) is 0 Å². The lowest BCUT2D eigenvalue weighted by atomic mass is 10.3. The largest absolute Gasteiger partial charge is 0.466 e. The van der Waals surface area contributed by atoms with Gasteiger partial charge in [-0.3, -0.25) is 4.79 Å². The molecule has 2 unspecified atom stereocenters. The molecular formula is C26H34O7S8. The van der Waals surface area contributed by atoms with Crippen LogP contribution in [0.5, 0.6) is 0 Å². The molecule has 0 aromatic carbocycles. The molecule has 15 heteroatoms. The van der Waals surface area contributed by atoms with E-state index in [0.717, 1.165) is 36.4 Å². The first-order valence-corrected chi connectivity index (χ1v) is 20.5. The summed E-state index contributed by atoms with van der Waals surface area (Å²) in [5, 5.41) is 0. The van der Waals surface area contributed by atoms with Crippen molar-refractivity contribution < 1.29 is 33.3 Å². The number of carbonyl (C=O) groups is 2. The third kappa shape index (κ3) is 12.6. The second-order valence-corrected chi connectivity index (χ2v) is 18.7. The third-order valence-electron chi connectivity index (χ3n) is 5.50. The zero-order valence-electron chi connectivity index (χ0n) is 22.7. The lowest BCUT2D eigenvalue weighted by molar-refractivity contribution is -0.142. The Kier molecular flexibility index (Phi) is 16.9. The summed E-state index contributed by atoms with van der Waals surface area (Å²) in [6.07, 6.45) is 8.67. The summed E-state index contributed by atoms with van der Waals surface area (Å²) in [5.74, 6) is 3.28. The number of thioether (sulfide) groups is 8. The van der Waals surface area contributed by atoms with Gasteiger partial charge in [0, 0.05) is 29.4 Å². The fraction of sp³-hybridized carbons (Fsp3) is 0.615. The van der Waals surface area contributed by atoms with Crippen LogP contribution < -0.4 is 0 Å². The fourth-order valence-electron chi connectivity index (χ4n) is 3.50. The molecule has 4 rings (SSSR count). The first-order valence-electron chi connectivity index (χ1n) is 13.3. The van der Waals surface area contributed by atoms with Gasteiger partial charge in [-0.25, -0.2) is 0 Å². The third-order valence-corrected chi connectivity index (χ3v) is 16.5. The van der Waals surface area contributed by atoms with Crippen molar-refractivity contribution in [1.29, 1.82) is 0 Å². The van der Waals surface area contributed by atoms with E-state index in [9.17, 15) is 9.59 Å². The smallest absolute Gasteiger partial charge is 0.306 e. The molecule has 2 saturated heterocycles. The monoisotopic (exact) mass is 714 g/mol. The molecule has 228 valence electrons. The van der Waals surface area contributed by atoms with Crippen LogP contribution in [0.15, 0.2) is 37.6 Å². The molecule has 0 N–H and O–H groups in total. The maximum absolute atomic E-state index is 11.8. The maximum atomic E-state index is 11.8. The second kappa shape index (κ2) is 20.0. The van der Waals surface area contributed by atoms with Gasteiger partial charge in [-0.2, -0.15) is 0 Å². The van der Waals surface area contributed by atoms with Gasteiger partial charge in [-0.05, 0) is 31.9 Å². The fourth-order valence-corrected chi connectivity index (χ4v) is 15.0. The van der Waals surface area contributed by atoms with Gasteiger partial charge in [0.1, 0.15) is 19.9 Å². The first-order chi connectivity index (χ1) is 20.1. The quantitative estimate of drug-likeness (QED) is 0.0784. The molecule has 0 aliphatic carbocycles. The normalized spacial score (nSPS) is 23.8. The summed E-state index contributed by atoms with van der Waals surface area (Å²) < 4.78 is 34.6. The minimum Gasteiger partial charge on any atom is -0.466 e. The van der Waals surface area contributed by atoms with Crippen molar-refractivity contribution in [2.45, 2.75) is 44.8 Å². The highest BCUT2D eigenvalue weighted by Gasteiger charge is 2.26. The number of hydrogen-bond acceptors (Lipinski definition) is 15. The van der Waals surface area contributed by atoms with Crippen molar-refractivity contribution in [3.63, 3.8) is 0 Å². The molecule has 2 atom stereocenters. The van der Waals surface area contributed by atoms with E-state index in [2.05, 4.69) is 12.2 Å². The summed E-state index contributed by atoms with van der Waals surface area (Å²) in [7, 11) is 0. The van der Waals surface area contributed by atoms with E-state index in [-0.39, 0.29) is 18.2 Å². The molecular weight excluding hydrogens is 681 g/mol. The average Bonchev–Trinajstić information content (AvgIpc) is 3.78. The Morgan fingerprint density at radius 3 is 1.73 bits per heavy atom. The SMILES string of the molecule is CCOC(=O)CCSC1=C(SCCC=O)S/C(=C/C=C2SC(SCCC3COCO3)=C(SCCC3COCO3)S2)S1. The molecule has 0 amide bonds. The van der Waals surface area contributed by atoms with E-state index in [0.29, 0.717) is 52.0 Å². The molecule has 4 heterocycles. The number of esters is 1. The topological polar surface area (TPSA) is 80.3 Å². The van der Waals surface area contributed by atoms with Crippen molar-refractivity contribution in [3.8, 4) is 0 Å². The predicted molar refractivity (Wildman–Crippen MR) is 183 cm³/mol. The van der Waals surface area contributed by atoms with Crippen LogP contribution in [-0.2, 0) is 33.3 Å². The van der Waals surface area contributed by atoms with Gasteiger partial charge >= 0.3 is 5.97 Å². The van der Waals surface area contributed by atoms with Crippen LogP contribution in [0.25, 0.3) is 0 Å². The van der Waals surface area contributed by atoms with E-state index in [1.807, 2.05) is 54.0 Å². The predicted octanol–water partition coefficient (Wildman–Crippen LogP) is 7.88. The Balaban J connectivity index is 1.32. The number of allylic oxidation sites excluding steroid dienone is 2. The number of hydrogen-bond donors (Lipinski definition) is 0. The average molecular weight is 715 g/mol. The highest BCUT2D eigenvalue weighted by Crippen LogP contribution is 2.59. The molecule has 4 aliphatic heterocycles. The molecule has 41 heavy (non-hydrogen) atoms. The van der Waals surface area contributed by atoms with Crippen molar-refractivity contribution in [3.05, 3.63) is 37.6 Å². The van der Waals surface area contributed by atoms with Crippen LogP contribution in [0.1, 0.15) is 32.6 Å². The van der Waals surface area contributed by atoms with Crippen molar-refractivity contribution in [2.75, 3.05) is 56.4 Å². The van der Waals surface area contributed by atoms with Crippen LogP contribution >= 0.6 is 94.1 Å². The number of ether oxygens (including phenoxy) is 5. The standard InChI is InChI=1S/C26H34O7S8/c1-2-31-20(28)8-13-37-24-23(34-10-3-9-27)38-21(39-24)4-5-22-40-25(35-11-6-18-14-29-16-32-18)26(41-22)36-12-7-19-15-30-17-33-19/h4-5,9,18-19H,2-3,6-8,10-17H2,1H3/b21-4-,22-5?. The highest BCUT2D eigenvalue weighted by molar-refractivity contribution is 8.41. The van der Waals surface area contributed by atoms with E-state index in [1.54, 1.807) is 47.0 Å². The molecule has 2 fully saturated rings. The Morgan fingerprint density at radius 1 is 0.805 bits per heavy atom. The van der Waals surface area contributed by atoms with Crippen molar-refractivity contribution >= 4 is 106 Å². The molecule has 0 aromatic heterocycles. The van der Waals surface area contributed by atoms with Crippen molar-refractivity contribution in [2.24, 2.45) is 0 Å². The molecule has 0 saturated carbocycles. The summed E-state index contributed by atoms with van der Waals surface area (Å²) in [6.45, 7) is 4.43. The molecule has 0 aromatic rings.